The number of carbonyl (C=O) groups excluding carboxylic acids is 1. The van der Waals surface area contributed by atoms with E-state index in [0.717, 1.165) is 12.1 Å². The monoisotopic (exact) mass is 435 g/mol. The normalized spacial score (nSPS) is 17.7. The molecule has 0 saturated carbocycles. The Kier molecular flexibility index (Phi) is 8.01. The summed E-state index contributed by atoms with van der Waals surface area (Å²) in [7, 11) is 1.88. The van der Waals surface area contributed by atoms with E-state index in [2.05, 4.69) is 20.7 Å². The van der Waals surface area contributed by atoms with E-state index in [1.54, 1.807) is 29.2 Å². The molecule has 4 rings (SSSR count). The summed E-state index contributed by atoms with van der Waals surface area (Å²) in [6, 6.07) is 11.0. The van der Waals surface area contributed by atoms with Gasteiger partial charge in [-0.1, -0.05) is 6.07 Å². The molecule has 2 atom stereocenters. The average molecular weight is 436 g/mol. The fourth-order valence-corrected chi connectivity index (χ4v) is 3.35. The van der Waals surface area contributed by atoms with Crippen molar-refractivity contribution >= 4 is 36.4 Å². The maximum absolute atomic E-state index is 12.8. The zero-order chi connectivity index (χ0) is 18.6. The van der Waals surface area contributed by atoms with Crippen molar-refractivity contribution in [3.8, 4) is 11.5 Å². The number of anilines is 1. The molecule has 1 aromatic carbocycles. The number of benzene rings is 1. The van der Waals surface area contributed by atoms with Gasteiger partial charge in [-0.2, -0.15) is 5.10 Å². The predicted molar refractivity (Wildman–Crippen MR) is 116 cm³/mol. The van der Waals surface area contributed by atoms with Crippen LogP contribution in [0, 0.1) is 5.92 Å². The second kappa shape index (κ2) is 10.2. The van der Waals surface area contributed by atoms with Crippen molar-refractivity contribution in [1.82, 2.24) is 20.1 Å². The predicted octanol–water partition coefficient (Wildman–Crippen LogP) is 3.39. The van der Waals surface area contributed by atoms with Crippen LogP contribution >= 0.6 is 24.8 Å². The molecule has 1 saturated heterocycles. The van der Waals surface area contributed by atoms with E-state index in [4.69, 9.17) is 4.74 Å². The lowest BCUT2D eigenvalue weighted by atomic mass is 9.90. The van der Waals surface area contributed by atoms with Gasteiger partial charge in [-0.3, -0.25) is 14.5 Å². The van der Waals surface area contributed by atoms with Gasteiger partial charge < -0.3 is 15.4 Å². The van der Waals surface area contributed by atoms with E-state index < -0.39 is 0 Å². The number of carbonyl (C=O) groups is 1. The summed E-state index contributed by atoms with van der Waals surface area (Å²) in [6.45, 7) is 1.42. The van der Waals surface area contributed by atoms with Gasteiger partial charge in [0.05, 0.1) is 12.1 Å². The molecular formula is C20H23Cl2N5O2. The minimum absolute atomic E-state index is 0. The standard InChI is InChI=1S/C20H21N5O2.2ClH/c1-25-13-14(10-23-25)18-11-22-12-19(18)20(26)24-15-3-2-4-17(9-15)27-16-5-7-21-8-6-16;;/h2-10,13,18-19,22H,11-12H2,1H3,(H,24,26);2*1H/t18-,19+;;/m1../s1. The molecule has 1 aliphatic rings. The second-order valence-electron chi connectivity index (χ2n) is 6.62. The van der Waals surface area contributed by atoms with Crippen LogP contribution in [-0.4, -0.2) is 33.8 Å². The third-order valence-corrected chi connectivity index (χ3v) is 4.69. The third kappa shape index (κ3) is 5.47. The molecule has 7 nitrogen and oxygen atoms in total. The highest BCUT2D eigenvalue weighted by Crippen LogP contribution is 2.30. The summed E-state index contributed by atoms with van der Waals surface area (Å²) >= 11 is 0. The number of nitrogens with one attached hydrogen (secondary N) is 2. The van der Waals surface area contributed by atoms with Gasteiger partial charge in [0, 0.05) is 56.4 Å². The van der Waals surface area contributed by atoms with Gasteiger partial charge in [-0.15, -0.1) is 24.8 Å². The van der Waals surface area contributed by atoms with Gasteiger partial charge in [0.25, 0.3) is 0 Å². The molecule has 1 aliphatic heterocycles. The first kappa shape index (κ1) is 22.7. The van der Waals surface area contributed by atoms with Gasteiger partial charge in [0.1, 0.15) is 11.5 Å². The Morgan fingerprint density at radius 3 is 2.69 bits per heavy atom. The average Bonchev–Trinajstić information content (AvgIpc) is 3.31. The number of rotatable bonds is 5. The highest BCUT2D eigenvalue weighted by molar-refractivity contribution is 5.93. The second-order valence-corrected chi connectivity index (χ2v) is 6.62. The van der Waals surface area contributed by atoms with Crippen LogP contribution in [0.3, 0.4) is 0 Å². The summed E-state index contributed by atoms with van der Waals surface area (Å²) in [5.41, 5.74) is 1.79. The summed E-state index contributed by atoms with van der Waals surface area (Å²) in [6.07, 6.45) is 7.15. The van der Waals surface area contributed by atoms with Gasteiger partial charge in [0.15, 0.2) is 0 Å². The molecular weight excluding hydrogens is 413 g/mol. The molecule has 1 fully saturated rings. The van der Waals surface area contributed by atoms with Crippen LogP contribution in [0.2, 0.25) is 0 Å². The van der Waals surface area contributed by atoms with Gasteiger partial charge >= 0.3 is 0 Å². The van der Waals surface area contributed by atoms with Crippen LogP contribution in [0.1, 0.15) is 11.5 Å². The molecule has 2 N–H and O–H groups in total. The zero-order valence-electron chi connectivity index (χ0n) is 15.8. The number of hydrogen-bond donors (Lipinski definition) is 2. The van der Waals surface area contributed by atoms with Crippen molar-refractivity contribution in [1.29, 1.82) is 0 Å². The third-order valence-electron chi connectivity index (χ3n) is 4.69. The Balaban J connectivity index is 0.00000150. The fraction of sp³-hybridized carbons (Fsp3) is 0.250. The zero-order valence-corrected chi connectivity index (χ0v) is 17.5. The molecule has 29 heavy (non-hydrogen) atoms. The van der Waals surface area contributed by atoms with Crippen molar-refractivity contribution in [2.75, 3.05) is 18.4 Å². The Hall–Kier alpha value is -2.61. The van der Waals surface area contributed by atoms with Gasteiger partial charge in [-0.25, -0.2) is 0 Å². The molecule has 0 spiro atoms. The largest absolute Gasteiger partial charge is 0.457 e. The number of aryl methyl sites for hydroxylation is 1. The molecule has 3 aromatic rings. The Bertz CT molecular complexity index is 935. The number of hydrogen-bond acceptors (Lipinski definition) is 5. The lowest BCUT2D eigenvalue weighted by Gasteiger charge is -2.17. The minimum atomic E-state index is -0.140. The number of ether oxygens (including phenoxy) is 1. The molecule has 0 bridgehead atoms. The highest BCUT2D eigenvalue weighted by Gasteiger charge is 2.34. The van der Waals surface area contributed by atoms with Crippen LogP contribution in [0.5, 0.6) is 11.5 Å². The van der Waals surface area contributed by atoms with Crippen LogP contribution in [-0.2, 0) is 11.8 Å². The SMILES string of the molecule is Cl.Cl.Cn1cc([C@H]2CNC[C@@H]2C(=O)Nc2cccc(Oc3ccncc3)c2)cn1. The van der Waals surface area contributed by atoms with E-state index in [0.29, 0.717) is 23.7 Å². The van der Waals surface area contributed by atoms with Gasteiger partial charge in [-0.05, 0) is 29.8 Å². The van der Waals surface area contributed by atoms with Crippen LogP contribution in [0.4, 0.5) is 5.69 Å². The van der Waals surface area contributed by atoms with Crippen molar-refractivity contribution in [3.05, 3.63) is 66.7 Å². The van der Waals surface area contributed by atoms with Crippen LogP contribution < -0.4 is 15.4 Å². The molecule has 0 aliphatic carbocycles. The molecule has 154 valence electrons. The molecule has 9 heteroatoms. The molecule has 0 unspecified atom stereocenters. The minimum Gasteiger partial charge on any atom is -0.457 e. The number of amides is 1. The van der Waals surface area contributed by atoms with Crippen molar-refractivity contribution in [2.24, 2.45) is 13.0 Å². The van der Waals surface area contributed by atoms with Gasteiger partial charge in [0.2, 0.25) is 5.91 Å². The highest BCUT2D eigenvalue weighted by atomic mass is 35.5. The smallest absolute Gasteiger partial charge is 0.229 e. The quantitative estimate of drug-likeness (QED) is 0.641. The maximum atomic E-state index is 12.8. The first-order valence-corrected chi connectivity index (χ1v) is 8.87. The lowest BCUT2D eigenvalue weighted by Crippen LogP contribution is -2.28. The first-order chi connectivity index (χ1) is 13.2. The Labute approximate surface area is 181 Å². The van der Waals surface area contributed by atoms with E-state index >= 15 is 0 Å². The lowest BCUT2D eigenvalue weighted by molar-refractivity contribution is -0.119. The number of nitrogens with zero attached hydrogens (tertiary/aromatic N) is 3. The van der Waals surface area contributed by atoms with E-state index in [1.807, 2.05) is 43.7 Å². The summed E-state index contributed by atoms with van der Waals surface area (Å²) in [5, 5.41) is 10.6. The number of halogens is 2. The summed E-state index contributed by atoms with van der Waals surface area (Å²) < 4.78 is 7.57. The topological polar surface area (TPSA) is 81.1 Å². The molecule has 1 amide bonds. The Morgan fingerprint density at radius 1 is 1.17 bits per heavy atom. The van der Waals surface area contributed by atoms with E-state index in [9.17, 15) is 4.79 Å². The fourth-order valence-electron chi connectivity index (χ4n) is 3.35. The van der Waals surface area contributed by atoms with Crippen molar-refractivity contribution in [3.63, 3.8) is 0 Å². The maximum Gasteiger partial charge on any atom is 0.229 e. The molecule has 2 aromatic heterocycles. The number of pyridine rings is 1. The van der Waals surface area contributed by atoms with E-state index in [1.165, 1.54) is 0 Å². The van der Waals surface area contributed by atoms with Crippen molar-refractivity contribution in [2.45, 2.75) is 5.92 Å². The van der Waals surface area contributed by atoms with E-state index in [-0.39, 0.29) is 42.6 Å². The Morgan fingerprint density at radius 2 is 1.97 bits per heavy atom. The molecule has 3 heterocycles. The van der Waals surface area contributed by atoms with Crippen LogP contribution in [0.15, 0.2) is 61.2 Å². The summed E-state index contributed by atoms with van der Waals surface area (Å²) in [4.78, 5) is 16.8. The molecule has 0 radical (unpaired) electrons. The van der Waals surface area contributed by atoms with Crippen LogP contribution in [0.25, 0.3) is 0 Å². The first-order valence-electron chi connectivity index (χ1n) is 8.87. The van der Waals surface area contributed by atoms with Crippen molar-refractivity contribution < 1.29 is 9.53 Å². The number of aromatic nitrogens is 3. The summed E-state index contributed by atoms with van der Waals surface area (Å²) in [5.74, 6) is 1.33.